The maximum atomic E-state index is 13.7. The molecular formula is C44H84N2O6. The fourth-order valence-corrected chi connectivity index (χ4v) is 7.47. The summed E-state index contributed by atoms with van der Waals surface area (Å²) in [5, 5.41) is 34.0. The van der Waals surface area contributed by atoms with Gasteiger partial charge in [0, 0.05) is 19.9 Å². The third kappa shape index (κ3) is 24.0. The van der Waals surface area contributed by atoms with Crippen LogP contribution in [0.25, 0.3) is 0 Å². The molecule has 1 rings (SSSR count). The monoisotopic (exact) mass is 737 g/mol. The molecule has 0 aliphatic carbocycles. The van der Waals surface area contributed by atoms with Crippen LogP contribution in [0.15, 0.2) is 12.2 Å². The van der Waals surface area contributed by atoms with Gasteiger partial charge >= 0.3 is 0 Å². The summed E-state index contributed by atoms with van der Waals surface area (Å²) in [5.74, 6) is -0.446. The van der Waals surface area contributed by atoms with E-state index in [1.54, 1.807) is 4.90 Å². The SMILES string of the molecule is CCCCCCCCC=CCCCCCCCC(=O)N(CCCCCCCCCCCCCCCCCC)C1O[C@H](CO)[C@@H](O)[C@H](O)[C@H]1NC(C)=O. The van der Waals surface area contributed by atoms with E-state index in [9.17, 15) is 24.9 Å². The molecule has 0 saturated carbocycles. The molecule has 0 radical (unpaired) electrons. The Morgan fingerprint density at radius 3 is 1.42 bits per heavy atom. The van der Waals surface area contributed by atoms with Crippen LogP contribution in [0.2, 0.25) is 0 Å². The predicted octanol–water partition coefficient (Wildman–Crippen LogP) is 10.1. The van der Waals surface area contributed by atoms with Crippen LogP contribution in [-0.2, 0) is 14.3 Å². The van der Waals surface area contributed by atoms with Gasteiger partial charge in [-0.25, -0.2) is 0 Å². The first kappa shape index (κ1) is 48.5. The molecule has 1 aliphatic rings. The van der Waals surface area contributed by atoms with Gasteiger partial charge in [-0.2, -0.15) is 0 Å². The Kier molecular flexibility index (Phi) is 31.8. The van der Waals surface area contributed by atoms with E-state index in [1.807, 2.05) is 0 Å². The molecule has 306 valence electrons. The Morgan fingerprint density at radius 2 is 1.00 bits per heavy atom. The van der Waals surface area contributed by atoms with Gasteiger partial charge in [-0.05, 0) is 38.5 Å². The van der Waals surface area contributed by atoms with Gasteiger partial charge in [-0.15, -0.1) is 0 Å². The topological polar surface area (TPSA) is 119 Å². The lowest BCUT2D eigenvalue weighted by molar-refractivity contribution is -0.231. The third-order valence-corrected chi connectivity index (χ3v) is 10.8. The number of hydrogen-bond acceptors (Lipinski definition) is 6. The predicted molar refractivity (Wildman–Crippen MR) is 216 cm³/mol. The second kappa shape index (κ2) is 34.0. The van der Waals surface area contributed by atoms with Crippen molar-refractivity contribution in [3.8, 4) is 0 Å². The molecule has 1 aliphatic heterocycles. The molecule has 0 aromatic heterocycles. The Bertz CT molecular complexity index is 870. The van der Waals surface area contributed by atoms with Crippen molar-refractivity contribution < 1.29 is 29.6 Å². The summed E-state index contributed by atoms with van der Waals surface area (Å²) < 4.78 is 6.05. The molecule has 0 aromatic carbocycles. The second-order valence-corrected chi connectivity index (χ2v) is 15.7. The summed E-state index contributed by atoms with van der Waals surface area (Å²) >= 11 is 0. The first-order valence-electron chi connectivity index (χ1n) is 22.2. The van der Waals surface area contributed by atoms with Crippen LogP contribution in [0.3, 0.4) is 0 Å². The van der Waals surface area contributed by atoms with E-state index in [0.717, 1.165) is 51.4 Å². The number of carbonyl (C=O) groups excluding carboxylic acids is 2. The van der Waals surface area contributed by atoms with Crippen LogP contribution in [-0.4, -0.2) is 75.8 Å². The fraction of sp³-hybridized carbons (Fsp3) is 0.909. The second-order valence-electron chi connectivity index (χ2n) is 15.7. The highest BCUT2D eigenvalue weighted by molar-refractivity contribution is 5.77. The molecule has 4 N–H and O–H groups in total. The Hall–Kier alpha value is -1.48. The van der Waals surface area contributed by atoms with Crippen molar-refractivity contribution in [2.45, 2.75) is 244 Å². The van der Waals surface area contributed by atoms with Crippen molar-refractivity contribution >= 4 is 11.8 Å². The molecule has 5 atom stereocenters. The lowest BCUT2D eigenvalue weighted by Gasteiger charge is -2.46. The number of aliphatic hydroxyl groups is 3. The number of allylic oxidation sites excluding steroid dienone is 2. The van der Waals surface area contributed by atoms with Gasteiger partial charge in [0.25, 0.3) is 0 Å². The molecule has 2 amide bonds. The van der Waals surface area contributed by atoms with Crippen LogP contribution >= 0.6 is 0 Å². The highest BCUT2D eigenvalue weighted by Gasteiger charge is 2.47. The van der Waals surface area contributed by atoms with Crippen molar-refractivity contribution in [1.82, 2.24) is 10.2 Å². The minimum absolute atomic E-state index is 0.0702. The van der Waals surface area contributed by atoms with Crippen molar-refractivity contribution in [3.05, 3.63) is 12.2 Å². The van der Waals surface area contributed by atoms with Crippen molar-refractivity contribution in [3.63, 3.8) is 0 Å². The first-order chi connectivity index (χ1) is 25.4. The summed E-state index contributed by atoms with van der Waals surface area (Å²) in [4.78, 5) is 27.4. The van der Waals surface area contributed by atoms with Crippen molar-refractivity contribution in [2.75, 3.05) is 13.2 Å². The smallest absolute Gasteiger partial charge is 0.224 e. The molecule has 52 heavy (non-hydrogen) atoms. The van der Waals surface area contributed by atoms with Crippen LogP contribution < -0.4 is 5.32 Å². The molecular weight excluding hydrogens is 652 g/mol. The summed E-state index contributed by atoms with van der Waals surface area (Å²) in [6.07, 6.45) is 36.1. The zero-order valence-corrected chi connectivity index (χ0v) is 34.2. The van der Waals surface area contributed by atoms with E-state index in [2.05, 4.69) is 31.3 Å². The van der Waals surface area contributed by atoms with Crippen molar-refractivity contribution in [1.29, 1.82) is 0 Å². The molecule has 1 heterocycles. The summed E-state index contributed by atoms with van der Waals surface area (Å²) in [6.45, 7) is 5.83. The molecule has 1 fully saturated rings. The number of amides is 2. The normalized spacial score (nSPS) is 20.5. The highest BCUT2D eigenvalue weighted by Crippen LogP contribution is 2.26. The maximum Gasteiger partial charge on any atom is 0.224 e. The zero-order chi connectivity index (χ0) is 38.1. The number of nitrogens with zero attached hydrogens (tertiary/aromatic N) is 1. The van der Waals surface area contributed by atoms with E-state index in [4.69, 9.17) is 4.74 Å². The van der Waals surface area contributed by atoms with E-state index >= 15 is 0 Å². The number of nitrogens with one attached hydrogen (secondary N) is 1. The summed E-state index contributed by atoms with van der Waals surface area (Å²) in [6, 6.07) is -0.977. The molecule has 8 nitrogen and oxygen atoms in total. The molecule has 1 unspecified atom stereocenters. The number of aliphatic hydroxyl groups excluding tert-OH is 3. The number of ether oxygens (including phenoxy) is 1. The van der Waals surface area contributed by atoms with Gasteiger partial charge in [0.1, 0.15) is 24.4 Å². The van der Waals surface area contributed by atoms with Crippen molar-refractivity contribution in [2.24, 2.45) is 0 Å². The number of unbranched alkanes of at least 4 members (excludes halogenated alkanes) is 26. The fourth-order valence-electron chi connectivity index (χ4n) is 7.47. The molecule has 0 bridgehead atoms. The average Bonchev–Trinajstić information content (AvgIpc) is 3.13. The van der Waals surface area contributed by atoms with Gasteiger partial charge in [0.15, 0.2) is 6.23 Å². The Balaban J connectivity index is 2.46. The van der Waals surface area contributed by atoms with Gasteiger partial charge in [0.05, 0.1) is 6.61 Å². The largest absolute Gasteiger partial charge is 0.394 e. The number of rotatable bonds is 35. The lowest BCUT2D eigenvalue weighted by atomic mass is 9.94. The number of carbonyl (C=O) groups is 2. The summed E-state index contributed by atoms with van der Waals surface area (Å²) in [5.41, 5.74) is 0. The molecule has 8 heteroatoms. The first-order valence-corrected chi connectivity index (χ1v) is 22.2. The van der Waals surface area contributed by atoms with Gasteiger partial charge in [-0.1, -0.05) is 174 Å². The maximum absolute atomic E-state index is 13.7. The number of hydrogen-bond donors (Lipinski definition) is 4. The van der Waals surface area contributed by atoms with E-state index in [0.29, 0.717) is 13.0 Å². The highest BCUT2D eigenvalue weighted by atomic mass is 16.5. The Labute approximate surface area is 320 Å². The van der Waals surface area contributed by atoms with Gasteiger partial charge in [-0.3, -0.25) is 9.59 Å². The standard InChI is InChI=1S/C44H84N2O6/c1-4-6-8-10-12-14-16-18-20-22-24-26-28-30-32-34-36-46(44-41(45-38(3)48)43(51)42(50)39(37-47)52-44)40(49)35-33-31-29-27-25-23-21-19-17-15-13-11-9-7-5-2/h19,21,39,41-44,47,50-51H,4-18,20,22-37H2,1-3H3,(H,45,48)/t39-,41-,42-,43-,44?/m1/s1. The van der Waals surface area contributed by atoms with E-state index < -0.39 is 37.2 Å². The Morgan fingerprint density at radius 1 is 0.596 bits per heavy atom. The third-order valence-electron chi connectivity index (χ3n) is 10.8. The molecule has 0 spiro atoms. The van der Waals surface area contributed by atoms with Crippen LogP contribution in [0.1, 0.15) is 213 Å². The minimum atomic E-state index is -1.36. The summed E-state index contributed by atoms with van der Waals surface area (Å²) in [7, 11) is 0. The van der Waals surface area contributed by atoms with Crippen LogP contribution in [0, 0.1) is 0 Å². The zero-order valence-electron chi connectivity index (χ0n) is 34.2. The van der Waals surface area contributed by atoms with Crippen LogP contribution in [0.4, 0.5) is 0 Å². The quantitative estimate of drug-likeness (QED) is 0.0380. The molecule has 1 saturated heterocycles. The minimum Gasteiger partial charge on any atom is -0.394 e. The van der Waals surface area contributed by atoms with Crippen LogP contribution in [0.5, 0.6) is 0 Å². The molecule has 0 aromatic rings. The van der Waals surface area contributed by atoms with Gasteiger partial charge < -0.3 is 30.3 Å². The van der Waals surface area contributed by atoms with E-state index in [-0.39, 0.29) is 11.8 Å². The van der Waals surface area contributed by atoms with Gasteiger partial charge in [0.2, 0.25) is 11.8 Å². The lowest BCUT2D eigenvalue weighted by Crippen LogP contribution is -2.68. The average molecular weight is 737 g/mol. The van der Waals surface area contributed by atoms with E-state index in [1.165, 1.54) is 142 Å².